The molecular formula is C21H21Cl2N3S. The summed E-state index contributed by atoms with van der Waals surface area (Å²) in [6.45, 7) is 7.06. The number of thiazole rings is 1. The lowest BCUT2D eigenvalue weighted by atomic mass is 10.1. The first-order chi connectivity index (χ1) is 13.1. The van der Waals surface area contributed by atoms with Crippen molar-refractivity contribution >= 4 is 40.2 Å². The Morgan fingerprint density at radius 3 is 2.59 bits per heavy atom. The van der Waals surface area contributed by atoms with Gasteiger partial charge in [0.15, 0.2) is 0 Å². The van der Waals surface area contributed by atoms with Crippen LogP contribution in [0.4, 0.5) is 5.69 Å². The molecule has 2 heterocycles. The van der Waals surface area contributed by atoms with Gasteiger partial charge in [-0.05, 0) is 30.7 Å². The second-order valence-electron chi connectivity index (χ2n) is 6.82. The number of nitrogens with zero attached hydrogens (tertiary/aromatic N) is 3. The van der Waals surface area contributed by atoms with Crippen LogP contribution in [0.5, 0.6) is 0 Å². The number of hydrogen-bond acceptors (Lipinski definition) is 4. The number of aryl methyl sites for hydroxylation is 1. The molecule has 0 saturated carbocycles. The van der Waals surface area contributed by atoms with E-state index in [0.717, 1.165) is 59.0 Å². The lowest BCUT2D eigenvalue weighted by Gasteiger charge is -2.36. The molecule has 0 spiro atoms. The van der Waals surface area contributed by atoms with Crippen molar-refractivity contribution in [1.82, 2.24) is 9.88 Å². The fourth-order valence-corrected chi connectivity index (χ4v) is 4.73. The molecule has 0 atom stereocenters. The van der Waals surface area contributed by atoms with Crippen LogP contribution in [0.3, 0.4) is 0 Å². The van der Waals surface area contributed by atoms with Crippen molar-refractivity contribution in [1.29, 1.82) is 0 Å². The maximum atomic E-state index is 6.30. The van der Waals surface area contributed by atoms with Crippen molar-refractivity contribution in [3.63, 3.8) is 0 Å². The van der Waals surface area contributed by atoms with Gasteiger partial charge in [0.1, 0.15) is 5.01 Å². The van der Waals surface area contributed by atoms with Crippen molar-refractivity contribution in [3.8, 4) is 10.6 Å². The Labute approximate surface area is 174 Å². The van der Waals surface area contributed by atoms with E-state index in [0.29, 0.717) is 0 Å². The molecule has 0 radical (unpaired) electrons. The van der Waals surface area contributed by atoms with Crippen molar-refractivity contribution in [2.45, 2.75) is 13.5 Å². The number of benzene rings is 2. The predicted molar refractivity (Wildman–Crippen MR) is 116 cm³/mol. The molecule has 0 N–H and O–H groups in total. The van der Waals surface area contributed by atoms with E-state index in [-0.39, 0.29) is 0 Å². The highest BCUT2D eigenvalue weighted by molar-refractivity contribution is 7.13. The molecule has 1 aliphatic rings. The fraction of sp³-hybridized carbons (Fsp3) is 0.286. The van der Waals surface area contributed by atoms with Gasteiger partial charge in [-0.1, -0.05) is 47.5 Å². The van der Waals surface area contributed by atoms with Crippen LogP contribution in [-0.2, 0) is 6.54 Å². The summed E-state index contributed by atoms with van der Waals surface area (Å²) in [4.78, 5) is 9.68. The molecule has 3 nitrogen and oxygen atoms in total. The first-order valence-electron chi connectivity index (χ1n) is 9.03. The highest BCUT2D eigenvalue weighted by Crippen LogP contribution is 2.31. The molecule has 27 heavy (non-hydrogen) atoms. The number of anilines is 1. The Balaban J connectivity index is 1.39. The van der Waals surface area contributed by atoms with Gasteiger partial charge >= 0.3 is 0 Å². The predicted octanol–water partition coefficient (Wildman–Crippen LogP) is 5.75. The van der Waals surface area contributed by atoms with Gasteiger partial charge in [-0.3, -0.25) is 4.90 Å². The van der Waals surface area contributed by atoms with Gasteiger partial charge in [0, 0.05) is 54.4 Å². The van der Waals surface area contributed by atoms with E-state index in [9.17, 15) is 0 Å². The first kappa shape index (κ1) is 18.8. The topological polar surface area (TPSA) is 19.4 Å². The number of halogens is 2. The smallest absolute Gasteiger partial charge is 0.125 e. The van der Waals surface area contributed by atoms with Crippen molar-refractivity contribution in [2.75, 3.05) is 31.1 Å². The summed E-state index contributed by atoms with van der Waals surface area (Å²) in [5.74, 6) is 0. The Kier molecular flexibility index (Phi) is 5.69. The normalized spacial score (nSPS) is 15.3. The standard InChI is InChI=1S/C21H21Cl2N3S/c1-15-6-7-16(22)12-20(15)26-10-8-25(9-11-26)13-17-14-27-21(24-17)18-4-2-3-5-19(18)23/h2-7,12,14H,8-11,13H2,1H3. The molecule has 1 aliphatic heterocycles. The summed E-state index contributed by atoms with van der Waals surface area (Å²) >= 11 is 14.1. The van der Waals surface area contributed by atoms with E-state index in [2.05, 4.69) is 34.2 Å². The van der Waals surface area contributed by atoms with Crippen molar-refractivity contribution < 1.29 is 0 Å². The summed E-state index contributed by atoms with van der Waals surface area (Å²) in [5.41, 5.74) is 4.65. The van der Waals surface area contributed by atoms with E-state index in [4.69, 9.17) is 28.2 Å². The summed E-state index contributed by atoms with van der Waals surface area (Å²) in [7, 11) is 0. The van der Waals surface area contributed by atoms with Crippen molar-refractivity contribution in [2.24, 2.45) is 0 Å². The minimum atomic E-state index is 0.754. The average Bonchev–Trinajstić information content (AvgIpc) is 3.13. The monoisotopic (exact) mass is 417 g/mol. The zero-order valence-corrected chi connectivity index (χ0v) is 17.5. The van der Waals surface area contributed by atoms with Crippen LogP contribution in [0.1, 0.15) is 11.3 Å². The van der Waals surface area contributed by atoms with Gasteiger partial charge in [-0.2, -0.15) is 0 Å². The number of aromatic nitrogens is 1. The Hall–Kier alpha value is -1.59. The number of piperazine rings is 1. The molecule has 4 rings (SSSR count). The molecule has 1 aromatic heterocycles. The van der Waals surface area contributed by atoms with Gasteiger partial charge in [0.05, 0.1) is 10.7 Å². The fourth-order valence-electron chi connectivity index (χ4n) is 3.44. The van der Waals surface area contributed by atoms with Crippen LogP contribution < -0.4 is 4.90 Å². The van der Waals surface area contributed by atoms with Crippen LogP contribution in [-0.4, -0.2) is 36.1 Å². The van der Waals surface area contributed by atoms with Gasteiger partial charge in [0.25, 0.3) is 0 Å². The van der Waals surface area contributed by atoms with Crippen LogP contribution in [0.2, 0.25) is 10.0 Å². The average molecular weight is 418 g/mol. The summed E-state index contributed by atoms with van der Waals surface area (Å²) in [6.07, 6.45) is 0. The van der Waals surface area contributed by atoms with Crippen LogP contribution in [0.25, 0.3) is 10.6 Å². The van der Waals surface area contributed by atoms with Gasteiger partial charge in [-0.25, -0.2) is 4.98 Å². The lowest BCUT2D eigenvalue weighted by molar-refractivity contribution is 0.247. The molecular weight excluding hydrogens is 397 g/mol. The van der Waals surface area contributed by atoms with E-state index in [1.807, 2.05) is 30.3 Å². The zero-order valence-electron chi connectivity index (χ0n) is 15.2. The first-order valence-corrected chi connectivity index (χ1v) is 10.7. The third-order valence-electron chi connectivity index (χ3n) is 4.93. The second kappa shape index (κ2) is 8.19. The minimum absolute atomic E-state index is 0.754. The van der Waals surface area contributed by atoms with Crippen LogP contribution >= 0.6 is 34.5 Å². The molecule has 1 fully saturated rings. The molecule has 6 heteroatoms. The molecule has 0 bridgehead atoms. The molecule has 1 saturated heterocycles. The van der Waals surface area contributed by atoms with Gasteiger partial charge < -0.3 is 4.90 Å². The van der Waals surface area contributed by atoms with E-state index >= 15 is 0 Å². The molecule has 0 aliphatic carbocycles. The largest absolute Gasteiger partial charge is 0.369 e. The highest BCUT2D eigenvalue weighted by atomic mass is 35.5. The molecule has 0 unspecified atom stereocenters. The molecule has 0 amide bonds. The van der Waals surface area contributed by atoms with Crippen LogP contribution in [0.15, 0.2) is 47.8 Å². The second-order valence-corrected chi connectivity index (χ2v) is 8.52. The molecule has 140 valence electrons. The number of rotatable bonds is 4. The maximum absolute atomic E-state index is 6.30. The highest BCUT2D eigenvalue weighted by Gasteiger charge is 2.20. The summed E-state index contributed by atoms with van der Waals surface area (Å²) < 4.78 is 0. The Morgan fingerprint density at radius 2 is 1.81 bits per heavy atom. The summed E-state index contributed by atoms with van der Waals surface area (Å²) in [6, 6.07) is 14.0. The maximum Gasteiger partial charge on any atom is 0.125 e. The zero-order chi connectivity index (χ0) is 18.8. The van der Waals surface area contributed by atoms with Crippen molar-refractivity contribution in [3.05, 3.63) is 69.1 Å². The van der Waals surface area contributed by atoms with Gasteiger partial charge in [-0.15, -0.1) is 11.3 Å². The Bertz CT molecular complexity index is 933. The molecule has 2 aromatic carbocycles. The van der Waals surface area contributed by atoms with E-state index in [1.54, 1.807) is 11.3 Å². The van der Waals surface area contributed by atoms with E-state index < -0.39 is 0 Å². The summed E-state index contributed by atoms with van der Waals surface area (Å²) in [5, 5.41) is 4.69. The van der Waals surface area contributed by atoms with Gasteiger partial charge in [0.2, 0.25) is 0 Å². The number of hydrogen-bond donors (Lipinski definition) is 0. The quantitative estimate of drug-likeness (QED) is 0.538. The van der Waals surface area contributed by atoms with Crippen LogP contribution in [0, 0.1) is 6.92 Å². The SMILES string of the molecule is Cc1ccc(Cl)cc1N1CCN(Cc2csc(-c3ccccc3Cl)n2)CC1. The molecule has 3 aromatic rings. The third kappa shape index (κ3) is 4.30. The Morgan fingerprint density at radius 1 is 1.04 bits per heavy atom. The van der Waals surface area contributed by atoms with E-state index in [1.165, 1.54) is 11.3 Å². The minimum Gasteiger partial charge on any atom is -0.369 e. The third-order valence-corrected chi connectivity index (χ3v) is 6.41. The lowest BCUT2D eigenvalue weighted by Crippen LogP contribution is -2.46.